The van der Waals surface area contributed by atoms with Gasteiger partial charge in [-0.05, 0) is 19.1 Å². The van der Waals surface area contributed by atoms with Gasteiger partial charge in [0.1, 0.15) is 17.2 Å². The Morgan fingerprint density at radius 1 is 1.45 bits per heavy atom. The zero-order valence-corrected chi connectivity index (χ0v) is 13.6. The fraction of sp³-hybridized carbons (Fsp3) is 0.533. The van der Waals surface area contributed by atoms with Gasteiger partial charge >= 0.3 is 0 Å². The molecule has 0 aromatic heterocycles. The number of ether oxygens (including phenoxy) is 1. The third kappa shape index (κ3) is 2.95. The van der Waals surface area contributed by atoms with Crippen molar-refractivity contribution in [3.05, 3.63) is 29.8 Å². The second-order valence-electron chi connectivity index (χ2n) is 5.92. The Kier molecular flexibility index (Phi) is 5.54. The average molecular weight is 335 g/mol. The Morgan fingerprint density at radius 2 is 2.09 bits per heavy atom. The maximum atomic E-state index is 13.6. The Balaban J connectivity index is 0.00000242. The molecule has 4 nitrogen and oxygen atoms in total. The zero-order valence-electron chi connectivity index (χ0n) is 12.8. The minimum absolute atomic E-state index is 0. The Bertz CT molecular complexity index is 568. The first-order valence-electron chi connectivity index (χ1n) is 6.89. The van der Waals surface area contributed by atoms with Gasteiger partial charge < -0.3 is 15.8 Å². The third-order valence-corrected chi connectivity index (χ3v) is 4.41. The van der Waals surface area contributed by atoms with Gasteiger partial charge in [0.25, 0.3) is 0 Å². The van der Waals surface area contributed by atoms with Gasteiger partial charge in [-0.2, -0.15) is 0 Å². The molecule has 3 N–H and O–H groups in total. The number of amides is 1. The van der Waals surface area contributed by atoms with Crippen LogP contribution in [0.15, 0.2) is 18.2 Å². The molecule has 1 aliphatic carbocycles. The quantitative estimate of drug-likeness (QED) is 0.890. The van der Waals surface area contributed by atoms with Crippen molar-refractivity contribution in [3.8, 4) is 0 Å². The molecule has 22 heavy (non-hydrogen) atoms. The van der Waals surface area contributed by atoms with E-state index in [1.165, 1.54) is 6.07 Å². The Labute approximate surface area is 134 Å². The van der Waals surface area contributed by atoms with Crippen molar-refractivity contribution in [1.82, 2.24) is 0 Å². The summed E-state index contributed by atoms with van der Waals surface area (Å²) in [6.45, 7) is 6.10. The second kappa shape index (κ2) is 6.48. The van der Waals surface area contributed by atoms with Crippen LogP contribution in [0.1, 0.15) is 27.2 Å². The van der Waals surface area contributed by atoms with E-state index in [2.05, 4.69) is 5.32 Å². The van der Waals surface area contributed by atoms with E-state index in [0.29, 0.717) is 19.1 Å². The molecule has 0 saturated heterocycles. The van der Waals surface area contributed by atoms with E-state index in [9.17, 15) is 13.6 Å². The molecule has 124 valence electrons. The Hall–Kier alpha value is -1.24. The summed E-state index contributed by atoms with van der Waals surface area (Å²) in [5.74, 6) is -2.02. The molecule has 0 bridgehead atoms. The average Bonchev–Trinajstić information content (AvgIpc) is 2.41. The fourth-order valence-corrected chi connectivity index (χ4v) is 2.65. The van der Waals surface area contributed by atoms with Crippen LogP contribution in [-0.4, -0.2) is 24.2 Å². The lowest BCUT2D eigenvalue weighted by molar-refractivity contribution is -0.166. The van der Waals surface area contributed by atoms with Gasteiger partial charge in [0.15, 0.2) is 0 Å². The number of halogens is 3. The van der Waals surface area contributed by atoms with Crippen LogP contribution in [-0.2, 0) is 9.53 Å². The van der Waals surface area contributed by atoms with E-state index in [1.54, 1.807) is 0 Å². The normalized spacial score (nSPS) is 25.8. The molecule has 1 aromatic rings. The van der Waals surface area contributed by atoms with E-state index in [4.69, 9.17) is 10.5 Å². The highest BCUT2D eigenvalue weighted by Gasteiger charge is 2.62. The van der Waals surface area contributed by atoms with Crippen molar-refractivity contribution in [2.75, 3.05) is 11.9 Å². The van der Waals surface area contributed by atoms with Crippen LogP contribution >= 0.6 is 12.4 Å². The molecule has 2 rings (SSSR count). The summed E-state index contributed by atoms with van der Waals surface area (Å²) in [6.07, 6.45) is 0.249. The molecule has 0 aliphatic heterocycles. The van der Waals surface area contributed by atoms with E-state index in [1.807, 2.05) is 20.8 Å². The molecule has 0 radical (unpaired) electrons. The van der Waals surface area contributed by atoms with Gasteiger partial charge in [-0.25, -0.2) is 8.78 Å². The van der Waals surface area contributed by atoms with Crippen molar-refractivity contribution in [2.45, 2.75) is 38.8 Å². The van der Waals surface area contributed by atoms with Crippen LogP contribution in [0.3, 0.4) is 0 Å². The molecule has 1 saturated carbocycles. The van der Waals surface area contributed by atoms with Crippen LogP contribution in [0.2, 0.25) is 0 Å². The van der Waals surface area contributed by atoms with Crippen molar-refractivity contribution < 1.29 is 18.3 Å². The van der Waals surface area contributed by atoms with Crippen molar-refractivity contribution in [1.29, 1.82) is 0 Å². The molecular formula is C15H21ClF2N2O2. The van der Waals surface area contributed by atoms with E-state index in [0.717, 1.165) is 6.07 Å². The number of benzene rings is 1. The summed E-state index contributed by atoms with van der Waals surface area (Å²) in [5.41, 5.74) is 4.39. The topological polar surface area (TPSA) is 64.3 Å². The predicted molar refractivity (Wildman–Crippen MR) is 83.0 cm³/mol. The smallest absolute Gasteiger partial charge is 0.245 e. The highest BCUT2D eigenvalue weighted by atomic mass is 35.5. The molecule has 1 aliphatic rings. The third-order valence-electron chi connectivity index (χ3n) is 4.41. The highest BCUT2D eigenvalue weighted by molar-refractivity contribution is 5.99. The lowest BCUT2D eigenvalue weighted by Crippen LogP contribution is -2.74. The number of hydrogen-bond donors (Lipinski definition) is 2. The van der Waals surface area contributed by atoms with Crippen LogP contribution in [0.25, 0.3) is 0 Å². The first-order valence-corrected chi connectivity index (χ1v) is 6.89. The summed E-state index contributed by atoms with van der Waals surface area (Å²) in [4.78, 5) is 12.4. The standard InChI is InChI=1S/C15H20F2N2O2.ClH/c1-4-21-12-8-15(18,14(12,2)3)13(20)19-11-6-5-9(16)7-10(11)17;/h5-7,12H,4,8,18H2,1-3H3,(H,19,20);1H. The lowest BCUT2D eigenvalue weighted by Gasteiger charge is -2.57. The van der Waals surface area contributed by atoms with Gasteiger partial charge in [-0.15, -0.1) is 12.4 Å². The molecule has 1 aromatic carbocycles. The zero-order chi connectivity index (χ0) is 15.8. The van der Waals surface area contributed by atoms with E-state index >= 15 is 0 Å². The van der Waals surface area contributed by atoms with Gasteiger partial charge in [-0.3, -0.25) is 4.79 Å². The van der Waals surface area contributed by atoms with Gasteiger partial charge in [-0.1, -0.05) is 13.8 Å². The maximum Gasteiger partial charge on any atom is 0.245 e. The maximum absolute atomic E-state index is 13.6. The second-order valence-corrected chi connectivity index (χ2v) is 5.92. The molecular weight excluding hydrogens is 314 g/mol. The van der Waals surface area contributed by atoms with E-state index in [-0.39, 0.29) is 24.2 Å². The van der Waals surface area contributed by atoms with Crippen molar-refractivity contribution >= 4 is 24.0 Å². The van der Waals surface area contributed by atoms with Crippen LogP contribution in [0.5, 0.6) is 0 Å². The van der Waals surface area contributed by atoms with Crippen LogP contribution in [0, 0.1) is 17.0 Å². The lowest BCUT2D eigenvalue weighted by atomic mass is 9.54. The SMILES string of the molecule is CCOC1CC(N)(C(=O)Nc2ccc(F)cc2F)C1(C)C.Cl. The molecule has 7 heteroatoms. The summed E-state index contributed by atoms with van der Waals surface area (Å²) in [7, 11) is 0. The number of anilines is 1. The number of carbonyl (C=O) groups is 1. The minimum Gasteiger partial charge on any atom is -0.378 e. The number of carbonyl (C=O) groups excluding carboxylic acids is 1. The Morgan fingerprint density at radius 3 is 2.59 bits per heavy atom. The van der Waals surface area contributed by atoms with Crippen LogP contribution in [0.4, 0.5) is 14.5 Å². The molecule has 0 spiro atoms. The molecule has 1 amide bonds. The minimum atomic E-state index is -1.15. The number of hydrogen-bond acceptors (Lipinski definition) is 3. The number of nitrogens with one attached hydrogen (secondary N) is 1. The fourth-order valence-electron chi connectivity index (χ4n) is 2.65. The van der Waals surface area contributed by atoms with E-state index < -0.39 is 28.5 Å². The molecule has 0 heterocycles. The van der Waals surface area contributed by atoms with Crippen LogP contribution < -0.4 is 11.1 Å². The monoisotopic (exact) mass is 334 g/mol. The first-order chi connectivity index (χ1) is 9.72. The molecule has 2 atom stereocenters. The van der Waals surface area contributed by atoms with Gasteiger partial charge in [0.05, 0.1) is 11.8 Å². The molecule has 2 unspecified atom stereocenters. The van der Waals surface area contributed by atoms with Crippen molar-refractivity contribution in [3.63, 3.8) is 0 Å². The van der Waals surface area contributed by atoms with Crippen molar-refractivity contribution in [2.24, 2.45) is 11.1 Å². The summed E-state index contributed by atoms with van der Waals surface area (Å²) in [6, 6.07) is 2.97. The van der Waals surface area contributed by atoms with Gasteiger partial charge in [0, 0.05) is 24.5 Å². The number of nitrogens with two attached hydrogens (primary N) is 1. The highest BCUT2D eigenvalue weighted by Crippen LogP contribution is 2.50. The summed E-state index contributed by atoms with van der Waals surface area (Å²) >= 11 is 0. The largest absolute Gasteiger partial charge is 0.378 e. The number of rotatable bonds is 4. The molecule has 1 fully saturated rings. The predicted octanol–water partition coefficient (Wildman–Crippen LogP) is 2.86. The summed E-state index contributed by atoms with van der Waals surface area (Å²) < 4.78 is 32.0. The summed E-state index contributed by atoms with van der Waals surface area (Å²) in [5, 5.41) is 2.44. The van der Waals surface area contributed by atoms with Gasteiger partial charge in [0.2, 0.25) is 5.91 Å². The first kappa shape index (κ1) is 18.8.